The molecule has 0 aliphatic carbocycles. The van der Waals surface area contributed by atoms with Crippen LogP contribution in [0.2, 0.25) is 0 Å². The Labute approximate surface area is 531 Å². The van der Waals surface area contributed by atoms with E-state index in [0.29, 0.717) is 11.7 Å². The molecule has 0 heterocycles. The number of aliphatic imine (C=N–C) groups is 2. The molecule has 0 unspecified atom stereocenters. The van der Waals surface area contributed by atoms with Gasteiger partial charge in [-0.2, -0.15) is 0 Å². The molecule has 0 saturated heterocycles. The zero-order valence-corrected chi connectivity index (χ0v) is 55.2. The Balaban J connectivity index is 0.000000243. The van der Waals surface area contributed by atoms with Crippen molar-refractivity contribution in [1.29, 1.82) is 10.8 Å². The fourth-order valence-electron chi connectivity index (χ4n) is 10.2. The number of hydrogen-bond acceptors (Lipinski definition) is 2. The maximum Gasteiger partial charge on any atom is 0.109 e. The van der Waals surface area contributed by atoms with E-state index in [1.807, 2.05) is 49.5 Å². The van der Waals surface area contributed by atoms with Crippen molar-refractivity contribution in [3.8, 4) is 77.9 Å². The maximum atomic E-state index is 8.02. The van der Waals surface area contributed by atoms with Gasteiger partial charge in [0.15, 0.2) is 0 Å². The number of aryl methyl sites for hydroxylation is 2. The first kappa shape index (κ1) is 64.3. The quantitative estimate of drug-likeness (QED) is 0.0624. The molecule has 8 heteroatoms. The van der Waals surface area contributed by atoms with Crippen LogP contribution in [0, 0.1) is 36.8 Å². The summed E-state index contributed by atoms with van der Waals surface area (Å²) in [4.78, 5) is 8.80. The number of nitrogens with zero attached hydrogens (tertiary/aromatic N) is 2. The molecule has 0 aliphatic heterocycles. The molecule has 432 valence electrons. The van der Waals surface area contributed by atoms with E-state index in [-0.39, 0.29) is 62.7 Å². The fourth-order valence-corrected chi connectivity index (χ4v) is 10.2. The van der Waals surface area contributed by atoms with Crippen molar-refractivity contribution in [1.82, 2.24) is 5.32 Å². The van der Waals surface area contributed by atoms with Crippen molar-refractivity contribution < 1.29 is 40.2 Å². The van der Waals surface area contributed by atoms with Crippen LogP contribution >= 0.6 is 0 Å². The molecule has 0 aliphatic rings. The molecule has 0 saturated carbocycles. The zero-order chi connectivity index (χ0) is 58.8. The number of hydrogen-bond donors (Lipinski definition) is 4. The molecular formula is C77H74Ir2N6-2. The largest absolute Gasteiger partial charge is 0.411 e. The predicted molar refractivity (Wildman–Crippen MR) is 354 cm³/mol. The van der Waals surface area contributed by atoms with Gasteiger partial charge in [0.25, 0.3) is 0 Å². The SMILES string of the molecule is CC(=N)N=C(Nc1c(C)cc(-c2cc(-c3ccc(C(C)(C)C)cc3)cc(-c3ccc(C(C)(C)C)cc3)c2)cc1C)c1[c-]cccc1.CNC(=NC(C)=N)c1[c-]ccc(-c2cccc(-c3cc(-c4ccccc4)cc(-c4ccccc4)c3)c2)c1.[Ir].[Ir]. The van der Waals surface area contributed by atoms with Crippen LogP contribution in [0.5, 0.6) is 0 Å². The summed E-state index contributed by atoms with van der Waals surface area (Å²) >= 11 is 0. The van der Waals surface area contributed by atoms with Gasteiger partial charge >= 0.3 is 0 Å². The van der Waals surface area contributed by atoms with E-state index >= 15 is 0 Å². The minimum atomic E-state index is 0. The predicted octanol–water partition coefficient (Wildman–Crippen LogP) is 19.7. The topological polar surface area (TPSA) is 96.5 Å². The van der Waals surface area contributed by atoms with Crippen LogP contribution in [0.25, 0.3) is 77.9 Å². The van der Waals surface area contributed by atoms with E-state index in [9.17, 15) is 0 Å². The molecule has 4 N–H and O–H groups in total. The van der Waals surface area contributed by atoms with Crippen molar-refractivity contribution in [3.63, 3.8) is 0 Å². The third kappa shape index (κ3) is 16.6. The Kier molecular flexibility index (Phi) is 21.6. The Morgan fingerprint density at radius 3 is 1.14 bits per heavy atom. The third-order valence-corrected chi connectivity index (χ3v) is 14.7. The van der Waals surface area contributed by atoms with Gasteiger partial charge in [0.05, 0.1) is 11.7 Å². The molecular weight excluding hydrogens is 1390 g/mol. The summed E-state index contributed by atoms with van der Waals surface area (Å²) in [5.41, 5.74) is 24.1. The standard InChI is InChI=1S/C43H46N3.C34H28N3.2Ir/c1-28-23-34(24-29(2)40(28)46-41(45-30(3)44)33-13-11-10-12-14-33)37-26-35(31-15-19-38(20-16-31)42(4,5)6)25-36(27-37)32-17-21-39(22-18-32)43(7,8)9;1-24(35)37-34(36-2)30-18-10-16-28(20-30)27-15-9-17-29(19-27)33-22-31(25-11-5-3-6-12-25)21-32(23-33)26-13-7-4-8-14-26;;/h10-13,15-27H,1-9H3,(H2,44,45,46);3-17,19-23H,1-2H3,(H2,35,36,37);;/q2*-1;;. The average molecular weight is 1470 g/mol. The van der Waals surface area contributed by atoms with E-state index in [2.05, 4.69) is 270 Å². The van der Waals surface area contributed by atoms with Crippen LogP contribution in [-0.4, -0.2) is 30.4 Å². The van der Waals surface area contributed by atoms with E-state index in [1.165, 1.54) is 66.8 Å². The molecule has 10 rings (SSSR count). The van der Waals surface area contributed by atoms with Gasteiger partial charge in [0.1, 0.15) is 11.7 Å². The molecule has 10 aromatic rings. The summed E-state index contributed by atoms with van der Waals surface area (Å²) in [6, 6.07) is 86.2. The van der Waals surface area contributed by atoms with Crippen LogP contribution < -0.4 is 10.6 Å². The van der Waals surface area contributed by atoms with Crippen LogP contribution in [0.1, 0.15) is 88.8 Å². The first-order valence-electron chi connectivity index (χ1n) is 28.4. The van der Waals surface area contributed by atoms with Gasteiger partial charge in [-0.1, -0.05) is 169 Å². The average Bonchev–Trinajstić information content (AvgIpc) is 3.61. The molecule has 2 radical (unpaired) electrons. The van der Waals surface area contributed by atoms with Crippen molar-refractivity contribution in [2.24, 2.45) is 9.98 Å². The summed E-state index contributed by atoms with van der Waals surface area (Å²) in [6.45, 7) is 21.1. The van der Waals surface area contributed by atoms with Gasteiger partial charge in [-0.15, -0.1) is 71.3 Å². The summed E-state index contributed by atoms with van der Waals surface area (Å²) in [5, 5.41) is 22.4. The monoisotopic (exact) mass is 1470 g/mol. The third-order valence-electron chi connectivity index (χ3n) is 14.7. The summed E-state index contributed by atoms with van der Waals surface area (Å²) in [6.07, 6.45) is 0. The van der Waals surface area contributed by atoms with Crippen LogP contribution in [0.4, 0.5) is 5.69 Å². The molecule has 0 atom stereocenters. The molecule has 85 heavy (non-hydrogen) atoms. The Hall–Kier alpha value is -8.22. The summed E-state index contributed by atoms with van der Waals surface area (Å²) in [5.74, 6) is 1.74. The first-order chi connectivity index (χ1) is 39.8. The van der Waals surface area contributed by atoms with Gasteiger partial charge in [-0.25, -0.2) is 0 Å². The van der Waals surface area contributed by atoms with E-state index in [0.717, 1.165) is 50.2 Å². The van der Waals surface area contributed by atoms with Crippen LogP contribution in [0.15, 0.2) is 234 Å². The summed E-state index contributed by atoms with van der Waals surface area (Å²) in [7, 11) is 1.81. The Morgan fingerprint density at radius 2 is 0.718 bits per heavy atom. The second-order valence-corrected chi connectivity index (χ2v) is 23.3. The molecule has 0 spiro atoms. The van der Waals surface area contributed by atoms with Gasteiger partial charge in [-0.05, 0) is 195 Å². The minimum Gasteiger partial charge on any atom is -0.411 e. The minimum absolute atomic E-state index is 0. The second kappa shape index (κ2) is 28.6. The van der Waals surface area contributed by atoms with Crippen molar-refractivity contribution in [2.75, 3.05) is 12.4 Å². The number of rotatable bonds is 10. The van der Waals surface area contributed by atoms with E-state index < -0.39 is 0 Å². The number of anilines is 1. The van der Waals surface area contributed by atoms with Crippen molar-refractivity contribution in [2.45, 2.75) is 80.1 Å². The fraction of sp³-hybridized carbons (Fsp3) is 0.169. The van der Waals surface area contributed by atoms with E-state index in [4.69, 9.17) is 10.8 Å². The van der Waals surface area contributed by atoms with Gasteiger partial charge in [-0.3, -0.25) is 20.8 Å². The number of benzene rings is 10. The second-order valence-electron chi connectivity index (χ2n) is 23.3. The van der Waals surface area contributed by atoms with Crippen LogP contribution in [-0.2, 0) is 51.0 Å². The Bertz CT molecular complexity index is 3830. The maximum absolute atomic E-state index is 8.02. The zero-order valence-electron chi connectivity index (χ0n) is 50.4. The normalized spacial score (nSPS) is 11.5. The molecule has 0 amide bonds. The first-order valence-corrected chi connectivity index (χ1v) is 28.4. The number of amidine groups is 4. The van der Waals surface area contributed by atoms with Gasteiger partial charge in [0.2, 0.25) is 0 Å². The van der Waals surface area contributed by atoms with Crippen molar-refractivity contribution in [3.05, 3.63) is 270 Å². The van der Waals surface area contributed by atoms with Crippen molar-refractivity contribution >= 4 is 29.0 Å². The van der Waals surface area contributed by atoms with Gasteiger partial charge < -0.3 is 10.6 Å². The molecule has 0 fully saturated rings. The van der Waals surface area contributed by atoms with E-state index in [1.54, 1.807) is 13.8 Å². The molecule has 6 nitrogen and oxygen atoms in total. The smallest absolute Gasteiger partial charge is 0.109 e. The summed E-state index contributed by atoms with van der Waals surface area (Å²) < 4.78 is 0. The number of nitrogens with one attached hydrogen (secondary N) is 4. The molecule has 0 aromatic heterocycles. The molecule has 10 aromatic carbocycles. The molecule has 0 bridgehead atoms. The Morgan fingerprint density at radius 1 is 0.365 bits per heavy atom. The van der Waals surface area contributed by atoms with Crippen LogP contribution in [0.3, 0.4) is 0 Å². The van der Waals surface area contributed by atoms with Gasteiger partial charge in [0, 0.05) is 45.9 Å².